The maximum absolute atomic E-state index is 11.0. The Morgan fingerprint density at radius 1 is 1.00 bits per heavy atom. The highest BCUT2D eigenvalue weighted by atomic mass is 16.5. The van der Waals surface area contributed by atoms with E-state index in [1.807, 2.05) is 6.92 Å². The molecule has 0 spiro atoms. The third-order valence-electron chi connectivity index (χ3n) is 1.80. The van der Waals surface area contributed by atoms with Crippen LogP contribution < -0.4 is 0 Å². The largest absolute Gasteiger partial charge is 0.466 e. The van der Waals surface area contributed by atoms with E-state index in [2.05, 4.69) is 0 Å². The van der Waals surface area contributed by atoms with Crippen LogP contribution in [0.3, 0.4) is 0 Å². The van der Waals surface area contributed by atoms with Gasteiger partial charge in [0, 0.05) is 13.3 Å². The van der Waals surface area contributed by atoms with Gasteiger partial charge in [0.1, 0.15) is 0 Å². The van der Waals surface area contributed by atoms with Crippen molar-refractivity contribution in [2.45, 2.75) is 46.0 Å². The van der Waals surface area contributed by atoms with Crippen LogP contribution in [0.5, 0.6) is 0 Å². The summed E-state index contributed by atoms with van der Waals surface area (Å²) < 4.78 is 9.67. The first-order valence-electron chi connectivity index (χ1n) is 5.45. The number of ether oxygens (including phenoxy) is 2. The summed E-state index contributed by atoms with van der Waals surface area (Å²) >= 11 is 0. The van der Waals surface area contributed by atoms with Crippen molar-refractivity contribution in [3.8, 4) is 0 Å². The van der Waals surface area contributed by atoms with Gasteiger partial charge in [-0.05, 0) is 25.7 Å². The molecule has 0 unspecified atom stereocenters. The SMILES string of the molecule is CCCOC(=O)CCCCCOC(C)=O. The van der Waals surface area contributed by atoms with Crippen molar-refractivity contribution in [3.63, 3.8) is 0 Å². The molecule has 0 saturated heterocycles. The van der Waals surface area contributed by atoms with Crippen LogP contribution in [0.15, 0.2) is 0 Å². The van der Waals surface area contributed by atoms with Gasteiger partial charge in [-0.1, -0.05) is 6.92 Å². The molecule has 0 amide bonds. The lowest BCUT2D eigenvalue weighted by Gasteiger charge is -2.03. The van der Waals surface area contributed by atoms with E-state index < -0.39 is 0 Å². The van der Waals surface area contributed by atoms with E-state index in [4.69, 9.17) is 9.47 Å². The van der Waals surface area contributed by atoms with E-state index in [0.717, 1.165) is 25.7 Å². The first-order valence-corrected chi connectivity index (χ1v) is 5.45. The van der Waals surface area contributed by atoms with Crippen LogP contribution in [0.4, 0.5) is 0 Å². The Morgan fingerprint density at radius 3 is 2.33 bits per heavy atom. The molecule has 0 aliphatic rings. The molecule has 0 bridgehead atoms. The first-order chi connectivity index (χ1) is 7.16. The van der Waals surface area contributed by atoms with Crippen LogP contribution in [-0.4, -0.2) is 25.2 Å². The predicted molar refractivity (Wildman–Crippen MR) is 56.4 cm³/mol. The van der Waals surface area contributed by atoms with Gasteiger partial charge < -0.3 is 9.47 Å². The number of rotatable bonds is 8. The van der Waals surface area contributed by atoms with Crippen molar-refractivity contribution in [1.82, 2.24) is 0 Å². The minimum atomic E-state index is -0.252. The van der Waals surface area contributed by atoms with Crippen molar-refractivity contribution in [2.24, 2.45) is 0 Å². The molecule has 0 N–H and O–H groups in total. The zero-order valence-corrected chi connectivity index (χ0v) is 9.58. The Balaban J connectivity index is 3.16. The zero-order valence-electron chi connectivity index (χ0n) is 9.58. The van der Waals surface area contributed by atoms with Crippen molar-refractivity contribution < 1.29 is 19.1 Å². The Hall–Kier alpha value is -1.06. The lowest BCUT2D eigenvalue weighted by molar-refractivity contribution is -0.144. The number of hydrogen-bond donors (Lipinski definition) is 0. The van der Waals surface area contributed by atoms with Crippen molar-refractivity contribution >= 4 is 11.9 Å². The van der Waals surface area contributed by atoms with Gasteiger partial charge in [0.15, 0.2) is 0 Å². The molecule has 0 aliphatic carbocycles. The number of carbonyl (C=O) groups is 2. The smallest absolute Gasteiger partial charge is 0.305 e. The number of carbonyl (C=O) groups excluding carboxylic acids is 2. The third kappa shape index (κ3) is 10.9. The molecule has 0 aromatic rings. The summed E-state index contributed by atoms with van der Waals surface area (Å²) in [5.74, 6) is -0.387. The highest BCUT2D eigenvalue weighted by molar-refractivity contribution is 5.69. The standard InChI is InChI=1S/C11H20O4/c1-3-8-15-11(13)7-5-4-6-9-14-10(2)12/h3-9H2,1-2H3. The molecular weight excluding hydrogens is 196 g/mol. The quantitative estimate of drug-likeness (QED) is 0.460. The molecule has 4 nitrogen and oxygen atoms in total. The molecule has 0 fully saturated rings. The highest BCUT2D eigenvalue weighted by Crippen LogP contribution is 2.02. The van der Waals surface area contributed by atoms with Gasteiger partial charge in [-0.25, -0.2) is 0 Å². The summed E-state index contributed by atoms with van der Waals surface area (Å²) in [4.78, 5) is 21.4. The maximum atomic E-state index is 11.0. The van der Waals surface area contributed by atoms with Crippen LogP contribution in [0.2, 0.25) is 0 Å². The molecule has 15 heavy (non-hydrogen) atoms. The van der Waals surface area contributed by atoms with Crippen molar-refractivity contribution in [3.05, 3.63) is 0 Å². The number of unbranched alkanes of at least 4 members (excludes halogenated alkanes) is 2. The average molecular weight is 216 g/mol. The number of esters is 2. The maximum Gasteiger partial charge on any atom is 0.305 e. The van der Waals surface area contributed by atoms with Crippen LogP contribution in [0.1, 0.15) is 46.0 Å². The van der Waals surface area contributed by atoms with Crippen LogP contribution in [-0.2, 0) is 19.1 Å². The molecule has 0 aromatic carbocycles. The van der Waals surface area contributed by atoms with Crippen LogP contribution in [0, 0.1) is 0 Å². The van der Waals surface area contributed by atoms with Gasteiger partial charge in [0.25, 0.3) is 0 Å². The molecule has 0 atom stereocenters. The minimum absolute atomic E-state index is 0.135. The lowest BCUT2D eigenvalue weighted by Crippen LogP contribution is -2.05. The van der Waals surface area contributed by atoms with Crippen molar-refractivity contribution in [1.29, 1.82) is 0 Å². The molecule has 0 heterocycles. The van der Waals surface area contributed by atoms with Gasteiger partial charge in [-0.3, -0.25) is 9.59 Å². The fourth-order valence-electron chi connectivity index (χ4n) is 1.05. The molecule has 4 heteroatoms. The second kappa shape index (κ2) is 9.49. The lowest BCUT2D eigenvalue weighted by atomic mass is 10.2. The highest BCUT2D eigenvalue weighted by Gasteiger charge is 2.01. The summed E-state index contributed by atoms with van der Waals surface area (Å²) in [6.07, 6.45) is 3.80. The minimum Gasteiger partial charge on any atom is -0.466 e. The topological polar surface area (TPSA) is 52.6 Å². The van der Waals surface area contributed by atoms with Gasteiger partial charge in [-0.2, -0.15) is 0 Å². The summed E-state index contributed by atoms with van der Waals surface area (Å²) in [5.41, 5.74) is 0. The molecule has 0 radical (unpaired) electrons. The Morgan fingerprint density at radius 2 is 1.73 bits per heavy atom. The first kappa shape index (κ1) is 13.9. The van der Waals surface area contributed by atoms with E-state index >= 15 is 0 Å². The van der Waals surface area contributed by atoms with Crippen molar-refractivity contribution in [2.75, 3.05) is 13.2 Å². The van der Waals surface area contributed by atoms with Gasteiger partial charge in [0.2, 0.25) is 0 Å². The molecule has 0 rings (SSSR count). The molecule has 0 aromatic heterocycles. The van der Waals surface area contributed by atoms with E-state index in [1.165, 1.54) is 6.92 Å². The van der Waals surface area contributed by atoms with Gasteiger partial charge in [-0.15, -0.1) is 0 Å². The average Bonchev–Trinajstić information content (AvgIpc) is 2.19. The Bertz CT molecular complexity index is 189. The van der Waals surface area contributed by atoms with E-state index in [-0.39, 0.29) is 11.9 Å². The van der Waals surface area contributed by atoms with E-state index in [1.54, 1.807) is 0 Å². The Kier molecular flexibility index (Phi) is 8.82. The fraction of sp³-hybridized carbons (Fsp3) is 0.818. The molecule has 0 aliphatic heterocycles. The summed E-state index contributed by atoms with van der Waals surface area (Å²) in [6, 6.07) is 0. The van der Waals surface area contributed by atoms with Crippen LogP contribution in [0.25, 0.3) is 0 Å². The third-order valence-corrected chi connectivity index (χ3v) is 1.80. The summed E-state index contributed by atoms with van der Waals surface area (Å²) in [5, 5.41) is 0. The van der Waals surface area contributed by atoms with E-state index in [9.17, 15) is 9.59 Å². The van der Waals surface area contributed by atoms with Gasteiger partial charge >= 0.3 is 11.9 Å². The van der Waals surface area contributed by atoms with E-state index in [0.29, 0.717) is 19.6 Å². The fourth-order valence-corrected chi connectivity index (χ4v) is 1.05. The molecular formula is C11H20O4. The summed E-state index contributed by atoms with van der Waals surface area (Å²) in [7, 11) is 0. The molecule has 0 saturated carbocycles. The zero-order chi connectivity index (χ0) is 11.5. The van der Waals surface area contributed by atoms with Gasteiger partial charge in [0.05, 0.1) is 13.2 Å². The normalized spacial score (nSPS) is 9.73. The Labute approximate surface area is 90.9 Å². The second-order valence-corrected chi connectivity index (χ2v) is 3.37. The number of hydrogen-bond acceptors (Lipinski definition) is 4. The summed E-state index contributed by atoms with van der Waals surface area (Å²) in [6.45, 7) is 4.31. The monoisotopic (exact) mass is 216 g/mol. The predicted octanol–water partition coefficient (Wildman–Crippen LogP) is 2.06. The second-order valence-electron chi connectivity index (χ2n) is 3.37. The molecule has 88 valence electrons. The van der Waals surface area contributed by atoms with Crippen LogP contribution >= 0.6 is 0 Å².